The number of methoxy groups -OCH3 is 1. The molecule has 2 heterocycles. The van der Waals surface area contributed by atoms with E-state index in [9.17, 15) is 4.79 Å². The Labute approximate surface area is 129 Å². The number of nitrogens with two attached hydrogens (primary N) is 1. The van der Waals surface area contributed by atoms with Gasteiger partial charge in [-0.15, -0.1) is 11.3 Å². The Morgan fingerprint density at radius 3 is 2.48 bits per heavy atom. The minimum Gasteiger partial charge on any atom is -0.465 e. The summed E-state index contributed by atoms with van der Waals surface area (Å²) in [5.41, 5.74) is 8.21. The summed E-state index contributed by atoms with van der Waals surface area (Å²) < 4.78 is 4.90. The molecule has 3 aliphatic rings. The predicted molar refractivity (Wildman–Crippen MR) is 85.1 cm³/mol. The molecule has 21 heavy (non-hydrogen) atoms. The Bertz CT molecular complexity index is 567. The van der Waals surface area contributed by atoms with Gasteiger partial charge in [0.25, 0.3) is 0 Å². The number of nitrogens with zero attached hydrogens (tertiary/aromatic N) is 1. The van der Waals surface area contributed by atoms with Crippen LogP contribution >= 0.6 is 11.3 Å². The molecule has 0 radical (unpaired) electrons. The van der Waals surface area contributed by atoms with Crippen LogP contribution in [0.25, 0.3) is 0 Å². The van der Waals surface area contributed by atoms with Crippen LogP contribution in [0.5, 0.6) is 0 Å². The number of thiophene rings is 1. The van der Waals surface area contributed by atoms with Gasteiger partial charge >= 0.3 is 5.97 Å². The third-order valence-electron chi connectivity index (χ3n) is 5.33. The Balaban J connectivity index is 1.69. The van der Waals surface area contributed by atoms with Gasteiger partial charge in [0.2, 0.25) is 0 Å². The summed E-state index contributed by atoms with van der Waals surface area (Å²) in [5, 5.41) is 1.25. The predicted octanol–water partition coefficient (Wildman–Crippen LogP) is 3.23. The average Bonchev–Trinajstić information content (AvgIpc) is 2.93. The van der Waals surface area contributed by atoms with Crippen LogP contribution in [0.15, 0.2) is 0 Å². The van der Waals surface area contributed by atoms with Crippen LogP contribution in [-0.2, 0) is 4.74 Å². The smallest absolute Gasteiger partial charge is 0.350 e. The molecule has 2 saturated carbocycles. The molecule has 4 nitrogen and oxygen atoms in total. The fourth-order valence-electron chi connectivity index (χ4n) is 4.09. The number of carbonyl (C=O) groups is 1. The first-order chi connectivity index (χ1) is 10.2. The Hall–Kier alpha value is -1.23. The number of hydrogen-bond donors (Lipinski definition) is 1. The van der Waals surface area contributed by atoms with Gasteiger partial charge in [0.15, 0.2) is 0 Å². The molecule has 2 atom stereocenters. The topological polar surface area (TPSA) is 55.6 Å². The van der Waals surface area contributed by atoms with Crippen LogP contribution in [0.1, 0.15) is 53.3 Å². The number of rotatable bonds is 3. The molecule has 1 aliphatic heterocycles. The lowest BCUT2D eigenvalue weighted by molar-refractivity contribution is 0.0607. The Morgan fingerprint density at radius 1 is 1.24 bits per heavy atom. The lowest BCUT2D eigenvalue weighted by Gasteiger charge is -2.19. The van der Waals surface area contributed by atoms with E-state index in [0.29, 0.717) is 16.5 Å². The third kappa shape index (κ3) is 2.13. The molecule has 0 amide bonds. The van der Waals surface area contributed by atoms with Crippen molar-refractivity contribution in [1.29, 1.82) is 0 Å². The molecule has 2 N–H and O–H groups in total. The van der Waals surface area contributed by atoms with Gasteiger partial charge in [-0.05, 0) is 43.4 Å². The van der Waals surface area contributed by atoms with Crippen molar-refractivity contribution < 1.29 is 9.53 Å². The van der Waals surface area contributed by atoms with E-state index in [1.54, 1.807) is 11.3 Å². The molecule has 114 valence electrons. The van der Waals surface area contributed by atoms with Gasteiger partial charge in [-0.3, -0.25) is 0 Å². The molecule has 3 fully saturated rings. The van der Waals surface area contributed by atoms with Crippen molar-refractivity contribution >= 4 is 28.0 Å². The second-order valence-electron chi connectivity index (χ2n) is 6.69. The number of fused-ring (bicyclic) bond motifs is 1. The summed E-state index contributed by atoms with van der Waals surface area (Å²) in [5.74, 6) is 1.98. The molecule has 2 aliphatic carbocycles. The highest BCUT2D eigenvalue weighted by Crippen LogP contribution is 2.53. The number of nitrogen functional groups attached to an aromatic ring is 1. The van der Waals surface area contributed by atoms with Gasteiger partial charge in [0.05, 0.1) is 17.8 Å². The van der Waals surface area contributed by atoms with Crippen molar-refractivity contribution in [1.82, 2.24) is 0 Å². The third-order valence-corrected chi connectivity index (χ3v) is 6.60. The highest BCUT2D eigenvalue weighted by molar-refractivity contribution is 7.18. The summed E-state index contributed by atoms with van der Waals surface area (Å²) in [7, 11) is 1.43. The number of hydrogen-bond acceptors (Lipinski definition) is 5. The lowest BCUT2D eigenvalue weighted by Crippen LogP contribution is -2.20. The van der Waals surface area contributed by atoms with Crippen LogP contribution < -0.4 is 10.6 Å². The second-order valence-corrected chi connectivity index (χ2v) is 7.68. The van der Waals surface area contributed by atoms with E-state index in [1.165, 1.54) is 49.8 Å². The minimum absolute atomic E-state index is 0.287. The summed E-state index contributed by atoms with van der Waals surface area (Å²) in [6, 6.07) is 0. The van der Waals surface area contributed by atoms with Crippen molar-refractivity contribution in [3.8, 4) is 0 Å². The second kappa shape index (κ2) is 4.90. The van der Waals surface area contributed by atoms with E-state index in [4.69, 9.17) is 10.5 Å². The van der Waals surface area contributed by atoms with E-state index < -0.39 is 0 Å². The average molecular weight is 306 g/mol. The molecule has 0 bridgehead atoms. The highest BCUT2D eigenvalue weighted by atomic mass is 32.1. The first kappa shape index (κ1) is 13.4. The molecule has 1 saturated heterocycles. The van der Waals surface area contributed by atoms with Crippen molar-refractivity contribution in [2.45, 2.75) is 38.0 Å². The maximum atomic E-state index is 11.9. The van der Waals surface area contributed by atoms with E-state index in [0.717, 1.165) is 24.9 Å². The maximum absolute atomic E-state index is 11.9. The van der Waals surface area contributed by atoms with Gasteiger partial charge in [-0.1, -0.05) is 6.42 Å². The molecule has 0 spiro atoms. The zero-order valence-corrected chi connectivity index (χ0v) is 13.2. The number of anilines is 2. The minimum atomic E-state index is -0.287. The number of ether oxygens (including phenoxy) is 1. The summed E-state index contributed by atoms with van der Waals surface area (Å²) in [4.78, 5) is 15.0. The quantitative estimate of drug-likeness (QED) is 0.871. The van der Waals surface area contributed by atoms with Crippen LogP contribution in [-0.4, -0.2) is 26.2 Å². The standard InChI is InChI=1S/C16H22N2O2S/c1-20-16(19)14-13(17)12(9-5-6-9)15(21-14)18-7-10-3-2-4-11(10)8-18/h9-11H,2-8,17H2,1H3. The number of esters is 1. The molecule has 0 aromatic carbocycles. The summed E-state index contributed by atoms with van der Waals surface area (Å²) in [6.07, 6.45) is 6.53. The first-order valence-electron chi connectivity index (χ1n) is 7.94. The molecular formula is C16H22N2O2S. The van der Waals surface area contributed by atoms with Gasteiger partial charge < -0.3 is 15.4 Å². The zero-order valence-electron chi connectivity index (χ0n) is 12.4. The fraction of sp³-hybridized carbons (Fsp3) is 0.688. The van der Waals surface area contributed by atoms with E-state index in [1.807, 2.05) is 0 Å². The van der Waals surface area contributed by atoms with Crippen LogP contribution in [0.3, 0.4) is 0 Å². The van der Waals surface area contributed by atoms with Crippen molar-refractivity contribution in [3.05, 3.63) is 10.4 Å². The van der Waals surface area contributed by atoms with Crippen LogP contribution in [0.2, 0.25) is 0 Å². The molecule has 5 heteroatoms. The van der Waals surface area contributed by atoms with E-state index in [-0.39, 0.29) is 5.97 Å². The molecule has 4 rings (SSSR count). The summed E-state index contributed by atoms with van der Waals surface area (Å²) >= 11 is 1.55. The lowest BCUT2D eigenvalue weighted by atomic mass is 10.0. The van der Waals surface area contributed by atoms with Crippen LogP contribution in [0, 0.1) is 11.8 Å². The monoisotopic (exact) mass is 306 g/mol. The normalized spacial score (nSPS) is 28.0. The van der Waals surface area contributed by atoms with Crippen molar-refractivity contribution in [2.75, 3.05) is 30.8 Å². The maximum Gasteiger partial charge on any atom is 0.350 e. The zero-order chi connectivity index (χ0) is 14.6. The molecular weight excluding hydrogens is 284 g/mol. The van der Waals surface area contributed by atoms with Crippen LogP contribution in [0.4, 0.5) is 10.7 Å². The van der Waals surface area contributed by atoms with E-state index >= 15 is 0 Å². The van der Waals surface area contributed by atoms with Gasteiger partial charge in [-0.2, -0.15) is 0 Å². The fourth-order valence-corrected chi connectivity index (χ4v) is 5.34. The van der Waals surface area contributed by atoms with Crippen molar-refractivity contribution in [2.24, 2.45) is 11.8 Å². The SMILES string of the molecule is COC(=O)c1sc(N2CC3CCCC3C2)c(C2CC2)c1N. The van der Waals surface area contributed by atoms with E-state index in [2.05, 4.69) is 4.90 Å². The first-order valence-corrected chi connectivity index (χ1v) is 8.76. The Kier molecular flexibility index (Phi) is 3.14. The van der Waals surface area contributed by atoms with Gasteiger partial charge in [0.1, 0.15) is 4.88 Å². The largest absolute Gasteiger partial charge is 0.465 e. The number of carbonyl (C=O) groups excluding carboxylic acids is 1. The molecule has 1 aromatic heterocycles. The van der Waals surface area contributed by atoms with Gasteiger partial charge in [0, 0.05) is 18.7 Å². The highest BCUT2D eigenvalue weighted by Gasteiger charge is 2.40. The summed E-state index contributed by atoms with van der Waals surface area (Å²) in [6.45, 7) is 2.29. The molecule has 1 aromatic rings. The molecule has 2 unspecified atom stereocenters. The van der Waals surface area contributed by atoms with Crippen molar-refractivity contribution in [3.63, 3.8) is 0 Å². The Morgan fingerprint density at radius 2 is 1.90 bits per heavy atom. The van der Waals surface area contributed by atoms with Gasteiger partial charge in [-0.25, -0.2) is 4.79 Å².